The Morgan fingerprint density at radius 1 is 1.04 bits per heavy atom. The van der Waals surface area contributed by atoms with Gasteiger partial charge in [0.15, 0.2) is 5.79 Å². The average Bonchev–Trinajstić information content (AvgIpc) is 2.58. The van der Waals surface area contributed by atoms with E-state index in [0.29, 0.717) is 6.61 Å². The number of ether oxygens (including phenoxy) is 2. The first-order chi connectivity index (χ1) is 11.5. The third-order valence-electron chi connectivity index (χ3n) is 3.86. The summed E-state index contributed by atoms with van der Waals surface area (Å²) in [7, 11) is 0. The first-order valence-electron chi connectivity index (χ1n) is 8.03. The number of para-hydroxylation sites is 1. The molecule has 0 aliphatic carbocycles. The van der Waals surface area contributed by atoms with Crippen molar-refractivity contribution in [1.82, 2.24) is 5.32 Å². The molecule has 2 aromatic rings. The van der Waals surface area contributed by atoms with E-state index in [2.05, 4.69) is 10.6 Å². The summed E-state index contributed by atoms with van der Waals surface area (Å²) in [6, 6.07) is 18.6. The van der Waals surface area contributed by atoms with E-state index in [4.69, 9.17) is 9.47 Å². The van der Waals surface area contributed by atoms with Gasteiger partial charge in [0.1, 0.15) is 6.10 Å². The lowest BCUT2D eigenvalue weighted by atomic mass is 10.0. The van der Waals surface area contributed by atoms with Crippen molar-refractivity contribution in [2.24, 2.45) is 0 Å². The molecule has 0 saturated carbocycles. The van der Waals surface area contributed by atoms with Crippen LogP contribution in [-0.4, -0.2) is 24.5 Å². The molecule has 5 heteroatoms. The zero-order valence-electron chi connectivity index (χ0n) is 13.9. The summed E-state index contributed by atoms with van der Waals surface area (Å²) in [5.74, 6) is -0.686. The van der Waals surface area contributed by atoms with Gasteiger partial charge in [-0.1, -0.05) is 48.5 Å². The second-order valence-electron chi connectivity index (χ2n) is 6.23. The standard InChI is InChI=1S/C19H22N2O3/c1-19(2)23-13-16(17(24-19)14-9-5-3-6-10-14)21-18(22)20-15-11-7-4-8-12-15/h3-12,16-17H,13H2,1-2H3,(H2,20,21,22)/t16-,17+/m0/s1. The normalized spacial score (nSPS) is 22.6. The van der Waals surface area contributed by atoms with Crippen molar-refractivity contribution in [3.63, 3.8) is 0 Å². The minimum atomic E-state index is -0.686. The molecule has 24 heavy (non-hydrogen) atoms. The number of nitrogens with one attached hydrogen (secondary N) is 2. The lowest BCUT2D eigenvalue weighted by Gasteiger charge is -2.41. The lowest BCUT2D eigenvalue weighted by molar-refractivity contribution is -0.284. The van der Waals surface area contributed by atoms with E-state index in [1.807, 2.05) is 74.5 Å². The first kappa shape index (κ1) is 16.5. The van der Waals surface area contributed by atoms with Gasteiger partial charge < -0.3 is 20.1 Å². The van der Waals surface area contributed by atoms with Crippen LogP contribution in [0.2, 0.25) is 0 Å². The molecule has 2 aromatic carbocycles. The van der Waals surface area contributed by atoms with Crippen LogP contribution in [0.15, 0.2) is 60.7 Å². The predicted octanol–water partition coefficient (Wildman–Crippen LogP) is 3.70. The molecule has 3 rings (SSSR count). The monoisotopic (exact) mass is 326 g/mol. The van der Waals surface area contributed by atoms with Gasteiger partial charge in [-0.15, -0.1) is 0 Å². The topological polar surface area (TPSA) is 59.6 Å². The molecule has 0 spiro atoms. The average molecular weight is 326 g/mol. The number of benzene rings is 2. The summed E-state index contributed by atoms with van der Waals surface area (Å²) in [4.78, 5) is 12.3. The zero-order valence-corrected chi connectivity index (χ0v) is 13.9. The van der Waals surface area contributed by atoms with Gasteiger partial charge in [-0.05, 0) is 31.5 Å². The van der Waals surface area contributed by atoms with E-state index in [1.165, 1.54) is 0 Å². The molecule has 0 unspecified atom stereocenters. The molecule has 126 valence electrons. The third-order valence-corrected chi connectivity index (χ3v) is 3.86. The Hall–Kier alpha value is -2.37. The van der Waals surface area contributed by atoms with Crippen molar-refractivity contribution >= 4 is 11.7 Å². The molecule has 0 aromatic heterocycles. The van der Waals surface area contributed by atoms with Crippen LogP contribution in [0.4, 0.5) is 10.5 Å². The molecular weight excluding hydrogens is 304 g/mol. The fourth-order valence-electron chi connectivity index (χ4n) is 2.72. The SMILES string of the molecule is CC1(C)OC[C@H](NC(=O)Nc2ccccc2)[C@@H](c2ccccc2)O1. The molecule has 1 heterocycles. The Balaban J connectivity index is 1.71. The zero-order chi connectivity index (χ0) is 17.0. The second-order valence-corrected chi connectivity index (χ2v) is 6.23. The van der Waals surface area contributed by atoms with Crippen molar-refractivity contribution in [2.75, 3.05) is 11.9 Å². The molecule has 2 N–H and O–H groups in total. The van der Waals surface area contributed by atoms with Gasteiger partial charge in [0.05, 0.1) is 12.6 Å². The number of urea groups is 1. The quantitative estimate of drug-likeness (QED) is 0.904. The summed E-state index contributed by atoms with van der Waals surface area (Å²) >= 11 is 0. The van der Waals surface area contributed by atoms with Gasteiger partial charge in [0, 0.05) is 5.69 Å². The summed E-state index contributed by atoms with van der Waals surface area (Å²) in [5, 5.41) is 5.77. The van der Waals surface area contributed by atoms with Crippen molar-refractivity contribution in [3.05, 3.63) is 66.2 Å². The molecule has 2 atom stereocenters. The Morgan fingerprint density at radius 2 is 1.67 bits per heavy atom. The largest absolute Gasteiger partial charge is 0.348 e. The molecule has 1 aliphatic rings. The second kappa shape index (κ2) is 7.03. The summed E-state index contributed by atoms with van der Waals surface area (Å²) in [5.41, 5.74) is 1.75. The summed E-state index contributed by atoms with van der Waals surface area (Å²) in [6.07, 6.45) is -0.267. The highest BCUT2D eigenvalue weighted by Crippen LogP contribution is 2.32. The van der Waals surface area contributed by atoms with Gasteiger partial charge in [-0.25, -0.2) is 4.79 Å². The Morgan fingerprint density at radius 3 is 2.33 bits per heavy atom. The molecule has 5 nitrogen and oxygen atoms in total. The summed E-state index contributed by atoms with van der Waals surface area (Å²) < 4.78 is 11.8. The maximum Gasteiger partial charge on any atom is 0.319 e. The highest BCUT2D eigenvalue weighted by atomic mass is 16.7. The minimum absolute atomic E-state index is 0.267. The van der Waals surface area contributed by atoms with E-state index in [-0.39, 0.29) is 18.2 Å². The number of carbonyl (C=O) groups excluding carboxylic acids is 1. The van der Waals surface area contributed by atoms with Crippen LogP contribution in [0.25, 0.3) is 0 Å². The van der Waals surface area contributed by atoms with Crippen LogP contribution in [-0.2, 0) is 9.47 Å². The number of amides is 2. The molecule has 0 bridgehead atoms. The fraction of sp³-hybridized carbons (Fsp3) is 0.316. The van der Waals surface area contributed by atoms with E-state index in [9.17, 15) is 4.79 Å². The van der Waals surface area contributed by atoms with Crippen molar-refractivity contribution in [1.29, 1.82) is 0 Å². The van der Waals surface area contributed by atoms with Crippen molar-refractivity contribution in [3.8, 4) is 0 Å². The molecule has 1 aliphatic heterocycles. The van der Waals surface area contributed by atoms with E-state index < -0.39 is 5.79 Å². The maximum absolute atomic E-state index is 12.3. The van der Waals surface area contributed by atoms with Crippen LogP contribution in [0.3, 0.4) is 0 Å². The number of anilines is 1. The highest BCUT2D eigenvalue weighted by molar-refractivity contribution is 5.89. The van der Waals surface area contributed by atoms with Crippen LogP contribution in [0.1, 0.15) is 25.5 Å². The Labute approximate surface area is 142 Å². The molecule has 1 saturated heterocycles. The molecule has 2 amide bonds. The summed E-state index contributed by atoms with van der Waals surface area (Å²) in [6.45, 7) is 4.14. The lowest BCUT2D eigenvalue weighted by Crippen LogP contribution is -2.52. The first-order valence-corrected chi connectivity index (χ1v) is 8.03. The molecule has 1 fully saturated rings. The van der Waals surface area contributed by atoms with Gasteiger partial charge in [-0.3, -0.25) is 0 Å². The number of rotatable bonds is 3. The molecule has 0 radical (unpaired) electrons. The predicted molar refractivity (Wildman–Crippen MR) is 92.7 cm³/mol. The number of hydrogen-bond donors (Lipinski definition) is 2. The Bertz CT molecular complexity index is 674. The van der Waals surface area contributed by atoms with E-state index in [0.717, 1.165) is 11.3 Å². The van der Waals surface area contributed by atoms with Gasteiger partial charge in [0.2, 0.25) is 0 Å². The Kier molecular flexibility index (Phi) is 4.83. The maximum atomic E-state index is 12.3. The van der Waals surface area contributed by atoms with Crippen LogP contribution < -0.4 is 10.6 Å². The van der Waals surface area contributed by atoms with Crippen LogP contribution in [0.5, 0.6) is 0 Å². The van der Waals surface area contributed by atoms with E-state index >= 15 is 0 Å². The van der Waals surface area contributed by atoms with Crippen molar-refractivity contribution < 1.29 is 14.3 Å². The van der Waals surface area contributed by atoms with Crippen LogP contribution in [0, 0.1) is 0 Å². The smallest absolute Gasteiger partial charge is 0.319 e. The molecular formula is C19H22N2O3. The highest BCUT2D eigenvalue weighted by Gasteiger charge is 2.38. The van der Waals surface area contributed by atoms with E-state index in [1.54, 1.807) is 0 Å². The minimum Gasteiger partial charge on any atom is -0.348 e. The third kappa shape index (κ3) is 4.13. The number of carbonyl (C=O) groups is 1. The fourth-order valence-corrected chi connectivity index (χ4v) is 2.72. The van der Waals surface area contributed by atoms with Crippen LogP contribution >= 0.6 is 0 Å². The van der Waals surface area contributed by atoms with Gasteiger partial charge in [0.25, 0.3) is 0 Å². The van der Waals surface area contributed by atoms with Gasteiger partial charge in [-0.2, -0.15) is 0 Å². The van der Waals surface area contributed by atoms with Crippen molar-refractivity contribution in [2.45, 2.75) is 31.8 Å². The van der Waals surface area contributed by atoms with Gasteiger partial charge >= 0.3 is 6.03 Å². The number of hydrogen-bond acceptors (Lipinski definition) is 3.